The molecule has 0 fully saturated rings. The Morgan fingerprint density at radius 3 is 1.12 bits per heavy atom. The first-order chi connectivity index (χ1) is 28.0. The highest BCUT2D eigenvalue weighted by atomic mass is 16.6. The fourth-order valence-corrected chi connectivity index (χ4v) is 6.43. The van der Waals surface area contributed by atoms with Crippen molar-refractivity contribution < 1.29 is 28.6 Å². The molecule has 0 rings (SSSR count). The summed E-state index contributed by atoms with van der Waals surface area (Å²) in [4.78, 5) is 37.8. The van der Waals surface area contributed by atoms with Gasteiger partial charge in [0, 0.05) is 19.3 Å². The predicted molar refractivity (Wildman–Crippen MR) is 242 cm³/mol. The van der Waals surface area contributed by atoms with E-state index in [0.29, 0.717) is 19.3 Å². The van der Waals surface area contributed by atoms with Gasteiger partial charge < -0.3 is 14.2 Å². The number of hydrogen-bond donors (Lipinski definition) is 0. The van der Waals surface area contributed by atoms with Crippen LogP contribution in [-0.4, -0.2) is 37.2 Å². The highest BCUT2D eigenvalue weighted by Gasteiger charge is 2.19. The Morgan fingerprint density at radius 2 is 0.684 bits per heavy atom. The van der Waals surface area contributed by atoms with Crippen LogP contribution in [0.4, 0.5) is 0 Å². The van der Waals surface area contributed by atoms with Crippen molar-refractivity contribution in [1.29, 1.82) is 0 Å². The average Bonchev–Trinajstić information content (AvgIpc) is 3.21. The first-order valence-corrected chi connectivity index (χ1v) is 23.8. The summed E-state index contributed by atoms with van der Waals surface area (Å²) in [7, 11) is 0. The van der Waals surface area contributed by atoms with E-state index in [1.165, 1.54) is 77.0 Å². The minimum atomic E-state index is -0.784. The molecule has 0 radical (unpaired) electrons. The van der Waals surface area contributed by atoms with Gasteiger partial charge in [-0.15, -0.1) is 0 Å². The lowest BCUT2D eigenvalue weighted by Crippen LogP contribution is -2.30. The lowest BCUT2D eigenvalue weighted by atomic mass is 10.1. The first-order valence-electron chi connectivity index (χ1n) is 23.8. The maximum Gasteiger partial charge on any atom is 0.306 e. The molecule has 0 bridgehead atoms. The third-order valence-corrected chi connectivity index (χ3v) is 10.0. The molecule has 0 aromatic rings. The van der Waals surface area contributed by atoms with Gasteiger partial charge in [0.2, 0.25) is 0 Å². The van der Waals surface area contributed by atoms with Gasteiger partial charge in [-0.1, -0.05) is 184 Å². The molecule has 0 aliphatic heterocycles. The maximum absolute atomic E-state index is 12.7. The molecule has 1 atom stereocenters. The highest BCUT2D eigenvalue weighted by molar-refractivity contribution is 5.71. The van der Waals surface area contributed by atoms with Crippen molar-refractivity contribution in [3.05, 3.63) is 60.8 Å². The molecule has 328 valence electrons. The third-order valence-electron chi connectivity index (χ3n) is 10.0. The van der Waals surface area contributed by atoms with Crippen molar-refractivity contribution in [2.24, 2.45) is 0 Å². The number of hydrogen-bond acceptors (Lipinski definition) is 6. The number of carbonyl (C=O) groups excluding carboxylic acids is 3. The Kier molecular flexibility index (Phi) is 43.5. The van der Waals surface area contributed by atoms with Crippen LogP contribution in [0.5, 0.6) is 0 Å². The Bertz CT molecular complexity index is 1050. The minimum Gasteiger partial charge on any atom is -0.462 e. The van der Waals surface area contributed by atoms with Gasteiger partial charge in [0.15, 0.2) is 6.10 Å². The normalized spacial score (nSPS) is 12.5. The lowest BCUT2D eigenvalue weighted by molar-refractivity contribution is -0.167. The molecule has 0 aromatic heterocycles. The maximum atomic E-state index is 12.7. The second-order valence-corrected chi connectivity index (χ2v) is 15.6. The SMILES string of the molecule is CC/C=C\C/C=C\C/C=C\C/C=C\CCCCCCC(=O)OCC(COC(=O)CCCCCCCCCCCC)OC(=O)CCCCCCC/C=C\CCCCC. The number of ether oxygens (including phenoxy) is 3. The predicted octanol–water partition coefficient (Wildman–Crippen LogP) is 15.3. The molecule has 0 aromatic carbocycles. The fourth-order valence-electron chi connectivity index (χ4n) is 6.43. The lowest BCUT2D eigenvalue weighted by Gasteiger charge is -2.18. The van der Waals surface area contributed by atoms with E-state index in [1.54, 1.807) is 0 Å². The Hall–Kier alpha value is -2.89. The van der Waals surface area contributed by atoms with Gasteiger partial charge in [-0.25, -0.2) is 0 Å². The van der Waals surface area contributed by atoms with E-state index in [4.69, 9.17) is 14.2 Å². The fraction of sp³-hybridized carbons (Fsp3) is 0.745. The zero-order valence-electron chi connectivity index (χ0n) is 37.3. The van der Waals surface area contributed by atoms with Crippen LogP contribution in [0.15, 0.2) is 60.8 Å². The Balaban J connectivity index is 4.40. The zero-order chi connectivity index (χ0) is 41.5. The van der Waals surface area contributed by atoms with Gasteiger partial charge in [0.1, 0.15) is 13.2 Å². The van der Waals surface area contributed by atoms with Crippen LogP contribution >= 0.6 is 0 Å². The van der Waals surface area contributed by atoms with Crippen molar-refractivity contribution in [1.82, 2.24) is 0 Å². The molecule has 6 nitrogen and oxygen atoms in total. The van der Waals surface area contributed by atoms with Gasteiger partial charge in [0.25, 0.3) is 0 Å². The summed E-state index contributed by atoms with van der Waals surface area (Å²) in [6.45, 7) is 6.45. The second kappa shape index (κ2) is 45.8. The van der Waals surface area contributed by atoms with Crippen molar-refractivity contribution in [3.8, 4) is 0 Å². The monoisotopic (exact) mass is 797 g/mol. The molecule has 57 heavy (non-hydrogen) atoms. The smallest absolute Gasteiger partial charge is 0.306 e. The number of rotatable bonds is 42. The van der Waals surface area contributed by atoms with E-state index < -0.39 is 6.10 Å². The van der Waals surface area contributed by atoms with Crippen LogP contribution in [0.2, 0.25) is 0 Å². The third kappa shape index (κ3) is 44.1. The van der Waals surface area contributed by atoms with Crippen LogP contribution in [0.3, 0.4) is 0 Å². The number of esters is 3. The van der Waals surface area contributed by atoms with Gasteiger partial charge in [-0.2, -0.15) is 0 Å². The van der Waals surface area contributed by atoms with E-state index in [-0.39, 0.29) is 31.1 Å². The van der Waals surface area contributed by atoms with Crippen molar-refractivity contribution in [2.45, 2.75) is 232 Å². The van der Waals surface area contributed by atoms with Gasteiger partial charge in [0.05, 0.1) is 0 Å². The van der Waals surface area contributed by atoms with Crippen LogP contribution < -0.4 is 0 Å². The summed E-state index contributed by atoms with van der Waals surface area (Å²) in [5.41, 5.74) is 0. The van der Waals surface area contributed by atoms with Crippen molar-refractivity contribution in [2.75, 3.05) is 13.2 Å². The minimum absolute atomic E-state index is 0.0845. The standard InChI is InChI=1S/C51H88O6/c1-4-7-10-13-16-19-22-24-25-26-27-28-30-32-35-38-41-44-50(53)56-47-48(46-55-49(52)43-40-37-34-31-21-18-15-12-9-6-3)57-51(54)45-42-39-36-33-29-23-20-17-14-11-8-5-2/h7,10,16-17,19-20,24-25,27-28,48H,4-6,8-9,11-15,18,21-23,26,29-47H2,1-3H3/b10-7-,19-16-,20-17-,25-24-,28-27-. The molecular weight excluding hydrogens is 709 g/mol. The second-order valence-electron chi connectivity index (χ2n) is 15.6. The quantitative estimate of drug-likeness (QED) is 0.0265. The number of unbranched alkanes of at least 4 members (excludes halogenated alkanes) is 21. The molecule has 6 heteroatoms. The summed E-state index contributed by atoms with van der Waals surface area (Å²) < 4.78 is 16.7. The molecule has 0 saturated heterocycles. The average molecular weight is 797 g/mol. The van der Waals surface area contributed by atoms with E-state index in [1.807, 2.05) is 0 Å². The summed E-state index contributed by atoms with van der Waals surface area (Å²) >= 11 is 0. The highest BCUT2D eigenvalue weighted by Crippen LogP contribution is 2.14. The molecule has 0 amide bonds. The molecule has 0 heterocycles. The Morgan fingerprint density at radius 1 is 0.368 bits per heavy atom. The van der Waals surface area contributed by atoms with E-state index in [0.717, 1.165) is 109 Å². The van der Waals surface area contributed by atoms with Crippen LogP contribution in [0.25, 0.3) is 0 Å². The number of allylic oxidation sites excluding steroid dienone is 10. The zero-order valence-corrected chi connectivity index (χ0v) is 37.3. The molecular formula is C51H88O6. The molecule has 0 spiro atoms. The molecule has 0 saturated carbocycles. The van der Waals surface area contributed by atoms with E-state index in [2.05, 4.69) is 81.5 Å². The molecule has 0 aliphatic rings. The summed E-state index contributed by atoms with van der Waals surface area (Å²) in [6, 6.07) is 0. The van der Waals surface area contributed by atoms with Crippen LogP contribution in [0, 0.1) is 0 Å². The van der Waals surface area contributed by atoms with E-state index in [9.17, 15) is 14.4 Å². The summed E-state index contributed by atoms with van der Waals surface area (Å²) in [5, 5.41) is 0. The Labute approximate surface area is 351 Å². The van der Waals surface area contributed by atoms with Crippen molar-refractivity contribution >= 4 is 17.9 Å². The molecule has 1 unspecified atom stereocenters. The molecule has 0 aliphatic carbocycles. The van der Waals surface area contributed by atoms with Gasteiger partial charge >= 0.3 is 17.9 Å². The first kappa shape index (κ1) is 54.1. The topological polar surface area (TPSA) is 78.9 Å². The number of carbonyl (C=O) groups is 3. The van der Waals surface area contributed by atoms with Crippen molar-refractivity contribution in [3.63, 3.8) is 0 Å². The molecule has 0 N–H and O–H groups in total. The summed E-state index contributed by atoms with van der Waals surface area (Å²) in [6.07, 6.45) is 54.8. The summed E-state index contributed by atoms with van der Waals surface area (Å²) in [5.74, 6) is -0.921. The largest absolute Gasteiger partial charge is 0.462 e. The van der Waals surface area contributed by atoms with E-state index >= 15 is 0 Å². The van der Waals surface area contributed by atoms with Gasteiger partial charge in [-0.3, -0.25) is 14.4 Å². The van der Waals surface area contributed by atoms with Crippen LogP contribution in [-0.2, 0) is 28.6 Å². The van der Waals surface area contributed by atoms with Crippen LogP contribution in [0.1, 0.15) is 226 Å². The van der Waals surface area contributed by atoms with Gasteiger partial charge in [-0.05, 0) is 83.5 Å².